The highest BCUT2D eigenvalue weighted by atomic mass is 16.5. The number of methoxy groups -OCH3 is 1. The summed E-state index contributed by atoms with van der Waals surface area (Å²) in [4.78, 5) is 29.1. The van der Waals surface area contributed by atoms with Crippen molar-refractivity contribution in [1.29, 1.82) is 0 Å². The Hall–Kier alpha value is -3.06. The van der Waals surface area contributed by atoms with Crippen LogP contribution >= 0.6 is 0 Å². The number of aliphatic hydroxyl groups is 1. The molecule has 0 spiro atoms. The van der Waals surface area contributed by atoms with Gasteiger partial charge in [0.15, 0.2) is 0 Å². The number of rotatable bonds is 6. The second kappa shape index (κ2) is 9.23. The van der Waals surface area contributed by atoms with Gasteiger partial charge < -0.3 is 25.0 Å². The number of anilines is 1. The quantitative estimate of drug-likeness (QED) is 0.782. The molecule has 7 nitrogen and oxygen atoms in total. The maximum atomic E-state index is 12.8. The highest BCUT2D eigenvalue weighted by Crippen LogP contribution is 2.16. The van der Waals surface area contributed by atoms with Gasteiger partial charge in [0.25, 0.3) is 5.91 Å². The smallest absolute Gasteiger partial charge is 0.252 e. The fourth-order valence-corrected chi connectivity index (χ4v) is 3.24. The lowest BCUT2D eigenvalue weighted by atomic mass is 10.1. The van der Waals surface area contributed by atoms with E-state index in [0.717, 1.165) is 5.69 Å². The lowest BCUT2D eigenvalue weighted by molar-refractivity contribution is -0.134. The van der Waals surface area contributed by atoms with Gasteiger partial charge in [-0.05, 0) is 30.3 Å². The average Bonchev–Trinajstić information content (AvgIpc) is 2.77. The van der Waals surface area contributed by atoms with Gasteiger partial charge in [0.2, 0.25) is 5.91 Å². The molecule has 1 unspecified atom stereocenters. The van der Waals surface area contributed by atoms with Crippen LogP contribution in [0.4, 0.5) is 5.69 Å². The van der Waals surface area contributed by atoms with E-state index in [1.807, 2.05) is 30.3 Å². The molecule has 2 amide bonds. The Morgan fingerprint density at radius 3 is 2.43 bits per heavy atom. The Balaban J connectivity index is 1.58. The number of benzene rings is 2. The summed E-state index contributed by atoms with van der Waals surface area (Å²) >= 11 is 0. The SMILES string of the molecule is COc1cccc(C(=O)NC(CO)C(=O)N2CCN(c3ccccc3)CC2)c1. The molecule has 1 aliphatic heterocycles. The van der Waals surface area contributed by atoms with Crippen molar-refractivity contribution in [2.45, 2.75) is 6.04 Å². The lowest BCUT2D eigenvalue weighted by Crippen LogP contribution is -2.56. The molecule has 2 aromatic carbocycles. The first kappa shape index (κ1) is 19.7. The number of para-hydroxylation sites is 1. The van der Waals surface area contributed by atoms with Crippen molar-refractivity contribution in [2.75, 3.05) is 44.8 Å². The van der Waals surface area contributed by atoms with E-state index in [1.54, 1.807) is 29.2 Å². The minimum absolute atomic E-state index is 0.272. The van der Waals surface area contributed by atoms with E-state index in [9.17, 15) is 14.7 Å². The van der Waals surface area contributed by atoms with Crippen molar-refractivity contribution in [3.05, 3.63) is 60.2 Å². The second-order valence-electron chi connectivity index (χ2n) is 6.59. The Bertz CT molecular complexity index is 804. The molecule has 2 N–H and O–H groups in total. The van der Waals surface area contributed by atoms with Crippen LogP contribution in [0.2, 0.25) is 0 Å². The summed E-state index contributed by atoms with van der Waals surface area (Å²) in [5, 5.41) is 12.3. The summed E-state index contributed by atoms with van der Waals surface area (Å²) in [7, 11) is 1.52. The van der Waals surface area contributed by atoms with Crippen molar-refractivity contribution in [2.24, 2.45) is 0 Å². The van der Waals surface area contributed by atoms with E-state index in [-0.39, 0.29) is 5.91 Å². The lowest BCUT2D eigenvalue weighted by Gasteiger charge is -2.37. The second-order valence-corrected chi connectivity index (χ2v) is 6.59. The van der Waals surface area contributed by atoms with E-state index >= 15 is 0 Å². The van der Waals surface area contributed by atoms with Gasteiger partial charge in [-0.3, -0.25) is 9.59 Å². The summed E-state index contributed by atoms with van der Waals surface area (Å²) < 4.78 is 5.12. The van der Waals surface area contributed by atoms with Crippen LogP contribution in [0.15, 0.2) is 54.6 Å². The maximum Gasteiger partial charge on any atom is 0.252 e. The number of nitrogens with one attached hydrogen (secondary N) is 1. The van der Waals surface area contributed by atoms with Crippen LogP contribution in [0.1, 0.15) is 10.4 Å². The first-order valence-electron chi connectivity index (χ1n) is 9.27. The number of hydrogen-bond donors (Lipinski definition) is 2. The van der Waals surface area contributed by atoms with E-state index < -0.39 is 18.6 Å². The van der Waals surface area contributed by atoms with Crippen molar-refractivity contribution in [3.8, 4) is 5.75 Å². The van der Waals surface area contributed by atoms with Gasteiger partial charge >= 0.3 is 0 Å². The zero-order chi connectivity index (χ0) is 19.9. The van der Waals surface area contributed by atoms with E-state index in [4.69, 9.17) is 4.74 Å². The monoisotopic (exact) mass is 383 g/mol. The molecular formula is C21H25N3O4. The Morgan fingerprint density at radius 2 is 1.79 bits per heavy atom. The first-order chi connectivity index (χ1) is 13.6. The van der Waals surface area contributed by atoms with Gasteiger partial charge in [-0.1, -0.05) is 24.3 Å². The molecule has 2 aromatic rings. The molecule has 1 heterocycles. The maximum absolute atomic E-state index is 12.8. The number of nitrogens with zero attached hydrogens (tertiary/aromatic N) is 2. The first-order valence-corrected chi connectivity index (χ1v) is 9.27. The average molecular weight is 383 g/mol. The number of ether oxygens (including phenoxy) is 1. The van der Waals surface area contributed by atoms with Crippen molar-refractivity contribution in [1.82, 2.24) is 10.2 Å². The van der Waals surface area contributed by atoms with Gasteiger partial charge in [-0.25, -0.2) is 0 Å². The standard InChI is InChI=1S/C21H25N3O4/c1-28-18-9-5-6-16(14-18)20(26)22-19(15-25)21(27)24-12-10-23(11-13-24)17-7-3-2-4-8-17/h2-9,14,19,25H,10-13,15H2,1H3,(H,22,26). The molecule has 3 rings (SSSR count). The van der Waals surface area contributed by atoms with Crippen LogP contribution in [0.3, 0.4) is 0 Å². The molecular weight excluding hydrogens is 358 g/mol. The van der Waals surface area contributed by atoms with E-state index in [2.05, 4.69) is 10.2 Å². The summed E-state index contributed by atoms with van der Waals surface area (Å²) in [6.07, 6.45) is 0. The van der Waals surface area contributed by atoms with E-state index in [1.165, 1.54) is 7.11 Å². The minimum Gasteiger partial charge on any atom is -0.497 e. The zero-order valence-electron chi connectivity index (χ0n) is 15.9. The Morgan fingerprint density at radius 1 is 1.07 bits per heavy atom. The molecule has 0 bridgehead atoms. The van der Waals surface area contributed by atoms with Gasteiger partial charge in [0, 0.05) is 37.4 Å². The van der Waals surface area contributed by atoms with Crippen LogP contribution in [-0.2, 0) is 4.79 Å². The number of carbonyl (C=O) groups is 2. The van der Waals surface area contributed by atoms with Crippen LogP contribution in [0.25, 0.3) is 0 Å². The molecule has 0 saturated carbocycles. The Labute approximate surface area is 164 Å². The fourth-order valence-electron chi connectivity index (χ4n) is 3.24. The number of carbonyl (C=O) groups excluding carboxylic acids is 2. The van der Waals surface area contributed by atoms with Crippen LogP contribution in [0.5, 0.6) is 5.75 Å². The molecule has 0 radical (unpaired) electrons. The number of amides is 2. The molecule has 1 atom stereocenters. The largest absolute Gasteiger partial charge is 0.497 e. The summed E-state index contributed by atoms with van der Waals surface area (Å²) in [6, 6.07) is 15.7. The molecule has 1 aliphatic rings. The predicted octanol–water partition coefficient (Wildman–Crippen LogP) is 1.13. The topological polar surface area (TPSA) is 82.1 Å². The number of aliphatic hydroxyl groups excluding tert-OH is 1. The van der Waals surface area contributed by atoms with Gasteiger partial charge in [-0.2, -0.15) is 0 Å². The molecule has 1 saturated heterocycles. The van der Waals surface area contributed by atoms with Gasteiger partial charge in [0.05, 0.1) is 13.7 Å². The molecule has 0 aliphatic carbocycles. The summed E-state index contributed by atoms with van der Waals surface area (Å²) in [5.41, 5.74) is 1.50. The highest BCUT2D eigenvalue weighted by Gasteiger charge is 2.28. The molecule has 1 fully saturated rings. The third-order valence-electron chi connectivity index (χ3n) is 4.83. The fraction of sp³-hybridized carbons (Fsp3) is 0.333. The third kappa shape index (κ3) is 4.61. The normalized spacial score (nSPS) is 15.1. The van der Waals surface area contributed by atoms with Gasteiger partial charge in [0.1, 0.15) is 11.8 Å². The molecule has 0 aromatic heterocycles. The minimum atomic E-state index is -0.970. The van der Waals surface area contributed by atoms with Crippen molar-refractivity contribution >= 4 is 17.5 Å². The Kier molecular flexibility index (Phi) is 6.49. The van der Waals surface area contributed by atoms with Crippen molar-refractivity contribution < 1.29 is 19.4 Å². The van der Waals surface area contributed by atoms with Crippen LogP contribution in [-0.4, -0.2) is 67.8 Å². The predicted molar refractivity (Wildman–Crippen MR) is 107 cm³/mol. The summed E-state index contributed by atoms with van der Waals surface area (Å²) in [5.74, 6) is -0.141. The highest BCUT2D eigenvalue weighted by molar-refractivity contribution is 5.97. The van der Waals surface area contributed by atoms with Crippen molar-refractivity contribution in [3.63, 3.8) is 0 Å². The van der Waals surface area contributed by atoms with Crippen LogP contribution < -0.4 is 15.0 Å². The number of hydrogen-bond acceptors (Lipinski definition) is 5. The zero-order valence-corrected chi connectivity index (χ0v) is 15.9. The summed E-state index contributed by atoms with van der Waals surface area (Å²) in [6.45, 7) is 2.04. The van der Waals surface area contributed by atoms with Crippen LogP contribution in [0, 0.1) is 0 Å². The van der Waals surface area contributed by atoms with E-state index in [0.29, 0.717) is 37.5 Å². The molecule has 7 heteroatoms. The third-order valence-corrected chi connectivity index (χ3v) is 4.83. The number of piperazine rings is 1. The molecule has 148 valence electrons. The van der Waals surface area contributed by atoms with Gasteiger partial charge in [-0.15, -0.1) is 0 Å². The molecule has 28 heavy (non-hydrogen) atoms.